The number of rotatable bonds is 10. The third-order valence-electron chi connectivity index (χ3n) is 5.47. The molecule has 170 valence electrons. The molecule has 0 saturated heterocycles. The van der Waals surface area contributed by atoms with Gasteiger partial charge in [0.25, 0.3) is 0 Å². The van der Waals surface area contributed by atoms with E-state index in [1.165, 1.54) is 28.7 Å². The number of aliphatic hydroxyl groups is 1. The number of nitrogen functional groups attached to an aromatic ring is 1. The van der Waals surface area contributed by atoms with Crippen molar-refractivity contribution >= 4 is 44.6 Å². The number of carbonyl (C=O) groups excluding carboxylic acids is 1. The van der Waals surface area contributed by atoms with Crippen molar-refractivity contribution in [3.8, 4) is 5.75 Å². The lowest BCUT2D eigenvalue weighted by Crippen LogP contribution is -2.04. The smallest absolute Gasteiger partial charge is 0.165 e. The van der Waals surface area contributed by atoms with Crippen LogP contribution in [0.4, 0.5) is 5.82 Å². The zero-order chi connectivity index (χ0) is 23.2. The average molecular weight is 481 g/mol. The molecule has 0 radical (unpaired) electrons. The summed E-state index contributed by atoms with van der Waals surface area (Å²) < 4.78 is 6.90. The number of benzene rings is 2. The van der Waals surface area contributed by atoms with Gasteiger partial charge in [-0.2, -0.15) is 0 Å². The van der Waals surface area contributed by atoms with E-state index >= 15 is 0 Å². The summed E-state index contributed by atoms with van der Waals surface area (Å²) in [6.07, 6.45) is 4.06. The van der Waals surface area contributed by atoms with Crippen LogP contribution in [0.3, 0.4) is 0 Å². The molecule has 0 unspecified atom stereocenters. The molecule has 0 aliphatic heterocycles. The maximum Gasteiger partial charge on any atom is 0.165 e. The largest absolute Gasteiger partial charge is 0.489 e. The van der Waals surface area contributed by atoms with E-state index < -0.39 is 0 Å². The first kappa shape index (κ1) is 23.2. The van der Waals surface area contributed by atoms with Gasteiger partial charge in [-0.3, -0.25) is 4.79 Å². The Kier molecular flexibility index (Phi) is 7.60. The third-order valence-corrected chi connectivity index (χ3v) is 6.79. The van der Waals surface area contributed by atoms with Crippen molar-refractivity contribution in [2.24, 2.45) is 0 Å². The number of Topliss-reactive ketones (excluding diaryl/α,β-unsaturated/α-hetero) is 1. The van der Waals surface area contributed by atoms with Crippen LogP contribution in [-0.2, 0) is 19.4 Å². The van der Waals surface area contributed by atoms with Gasteiger partial charge in [-0.25, -0.2) is 4.98 Å². The van der Waals surface area contributed by atoms with Gasteiger partial charge in [0.05, 0.1) is 10.3 Å². The van der Waals surface area contributed by atoms with Gasteiger partial charge in [-0.15, -0.1) is 11.3 Å². The summed E-state index contributed by atoms with van der Waals surface area (Å²) in [7, 11) is 0. The molecule has 0 amide bonds. The van der Waals surface area contributed by atoms with Crippen LogP contribution in [0.2, 0.25) is 5.02 Å². The molecule has 0 saturated carbocycles. The maximum atomic E-state index is 12.5. The van der Waals surface area contributed by atoms with Gasteiger partial charge in [-0.05, 0) is 60.0 Å². The number of anilines is 1. The Morgan fingerprint density at radius 1 is 1.12 bits per heavy atom. The third kappa shape index (κ3) is 5.71. The van der Waals surface area contributed by atoms with E-state index in [1.807, 2.05) is 41.8 Å². The number of aryl methyl sites for hydroxylation is 2. The fourth-order valence-electron chi connectivity index (χ4n) is 3.70. The lowest BCUT2D eigenvalue weighted by molar-refractivity contribution is 0.0972. The molecule has 4 rings (SSSR count). The molecule has 2 aromatic carbocycles. The normalized spacial score (nSPS) is 11.1. The number of pyridine rings is 1. The standard InChI is InChI=1S/C26H25ClN2O3S/c27-20-10-8-17(9-11-20)6-7-18-3-1-4-21(13-18)32-15-19-16-33-25-22(23(31)5-2-12-30)14-29-26(28)24(19)25/h1,3-4,8-11,13-14,16,30H,2,5-7,12,15H2,(H2,28,29). The molecule has 5 nitrogen and oxygen atoms in total. The number of thiophene rings is 1. The Bertz CT molecular complexity index is 1250. The number of hydrogen-bond donors (Lipinski definition) is 2. The van der Waals surface area contributed by atoms with E-state index in [4.69, 9.17) is 27.2 Å². The molecule has 33 heavy (non-hydrogen) atoms. The topological polar surface area (TPSA) is 85.4 Å². The Balaban J connectivity index is 1.45. The molecule has 3 N–H and O–H groups in total. The van der Waals surface area contributed by atoms with Crippen LogP contribution in [0.25, 0.3) is 10.1 Å². The summed E-state index contributed by atoms with van der Waals surface area (Å²) in [6, 6.07) is 16.0. The summed E-state index contributed by atoms with van der Waals surface area (Å²) in [5.41, 5.74) is 10.0. The van der Waals surface area contributed by atoms with Crippen molar-refractivity contribution in [2.75, 3.05) is 12.3 Å². The number of ether oxygens (including phenoxy) is 1. The number of nitrogens with zero attached hydrogens (tertiary/aromatic N) is 1. The van der Waals surface area contributed by atoms with Crippen molar-refractivity contribution in [1.29, 1.82) is 0 Å². The number of halogens is 1. The van der Waals surface area contributed by atoms with E-state index in [2.05, 4.69) is 17.1 Å². The molecule has 0 fully saturated rings. The summed E-state index contributed by atoms with van der Waals surface area (Å²) >= 11 is 7.43. The molecule has 0 atom stereocenters. The second-order valence-corrected chi connectivity index (χ2v) is 9.15. The van der Waals surface area contributed by atoms with Crippen molar-refractivity contribution in [3.05, 3.63) is 87.4 Å². The second-order valence-electron chi connectivity index (χ2n) is 7.84. The zero-order valence-electron chi connectivity index (χ0n) is 18.1. The number of nitrogens with two attached hydrogens (primary N) is 1. The number of aliphatic hydroxyl groups excluding tert-OH is 1. The van der Waals surface area contributed by atoms with E-state index in [-0.39, 0.29) is 18.8 Å². The van der Waals surface area contributed by atoms with Gasteiger partial charge in [0.2, 0.25) is 0 Å². The maximum absolute atomic E-state index is 12.5. The highest BCUT2D eigenvalue weighted by molar-refractivity contribution is 7.18. The molecule has 7 heteroatoms. The van der Waals surface area contributed by atoms with Gasteiger partial charge in [0, 0.05) is 35.2 Å². The van der Waals surface area contributed by atoms with Crippen LogP contribution in [0.1, 0.15) is 39.9 Å². The van der Waals surface area contributed by atoms with Gasteiger partial charge in [0.15, 0.2) is 5.78 Å². The predicted octanol–water partition coefficient (Wildman–Crippen LogP) is 5.85. The van der Waals surface area contributed by atoms with Crippen LogP contribution in [0.15, 0.2) is 60.1 Å². The fraction of sp³-hybridized carbons (Fsp3) is 0.231. The van der Waals surface area contributed by atoms with Gasteiger partial charge in [-0.1, -0.05) is 35.9 Å². The molecule has 0 spiro atoms. The van der Waals surface area contributed by atoms with Crippen molar-refractivity contribution < 1.29 is 14.6 Å². The lowest BCUT2D eigenvalue weighted by Gasteiger charge is -2.09. The van der Waals surface area contributed by atoms with Crippen molar-refractivity contribution in [2.45, 2.75) is 32.3 Å². The highest BCUT2D eigenvalue weighted by Crippen LogP contribution is 2.34. The van der Waals surface area contributed by atoms with Crippen LogP contribution in [0, 0.1) is 0 Å². The molecule has 0 bridgehead atoms. The highest BCUT2D eigenvalue weighted by atomic mass is 35.5. The van der Waals surface area contributed by atoms with Crippen LogP contribution < -0.4 is 10.5 Å². The number of aromatic nitrogens is 1. The molecule has 4 aromatic rings. The molecular weight excluding hydrogens is 456 g/mol. The first-order valence-electron chi connectivity index (χ1n) is 10.8. The van der Waals surface area contributed by atoms with E-state index in [1.54, 1.807) is 0 Å². The molecule has 0 aliphatic rings. The summed E-state index contributed by atoms with van der Waals surface area (Å²) in [6.45, 7) is 0.320. The van der Waals surface area contributed by atoms with Gasteiger partial charge >= 0.3 is 0 Å². The second kappa shape index (κ2) is 10.8. The van der Waals surface area contributed by atoms with E-state index in [9.17, 15) is 4.79 Å². The molecule has 2 aromatic heterocycles. The van der Waals surface area contributed by atoms with Crippen LogP contribution in [0.5, 0.6) is 5.75 Å². The van der Waals surface area contributed by atoms with Gasteiger partial charge < -0.3 is 15.6 Å². The SMILES string of the molecule is Nc1ncc(C(=O)CCCO)c2scc(COc3cccc(CCc4ccc(Cl)cc4)c3)c12. The quantitative estimate of drug-likeness (QED) is 0.278. The first-order valence-corrected chi connectivity index (χ1v) is 12.1. The summed E-state index contributed by atoms with van der Waals surface area (Å²) in [5.74, 6) is 1.13. The number of hydrogen-bond acceptors (Lipinski definition) is 6. The molecule has 0 aliphatic carbocycles. The fourth-order valence-corrected chi connectivity index (χ4v) is 4.92. The minimum Gasteiger partial charge on any atom is -0.489 e. The Labute approximate surface area is 201 Å². The molecule has 2 heterocycles. The molecular formula is C26H25ClN2O3S. The summed E-state index contributed by atoms with van der Waals surface area (Å²) in [4.78, 5) is 16.7. The monoisotopic (exact) mass is 480 g/mol. The Morgan fingerprint density at radius 2 is 1.91 bits per heavy atom. The highest BCUT2D eigenvalue weighted by Gasteiger charge is 2.17. The minimum absolute atomic E-state index is 0.0143. The average Bonchev–Trinajstić information content (AvgIpc) is 3.26. The Morgan fingerprint density at radius 3 is 2.70 bits per heavy atom. The van der Waals surface area contributed by atoms with Crippen LogP contribution >= 0.6 is 22.9 Å². The number of ketones is 1. The van der Waals surface area contributed by atoms with Crippen molar-refractivity contribution in [1.82, 2.24) is 4.98 Å². The number of carbonyl (C=O) groups is 1. The Hall–Kier alpha value is -2.93. The summed E-state index contributed by atoms with van der Waals surface area (Å²) in [5, 5.41) is 12.5. The lowest BCUT2D eigenvalue weighted by atomic mass is 10.0. The predicted molar refractivity (Wildman–Crippen MR) is 134 cm³/mol. The van der Waals surface area contributed by atoms with E-state index in [0.29, 0.717) is 24.4 Å². The zero-order valence-corrected chi connectivity index (χ0v) is 19.7. The number of fused-ring (bicyclic) bond motifs is 1. The first-order chi connectivity index (χ1) is 16.0. The van der Waals surface area contributed by atoms with Crippen LogP contribution in [-0.4, -0.2) is 22.5 Å². The van der Waals surface area contributed by atoms with E-state index in [0.717, 1.165) is 39.3 Å². The van der Waals surface area contributed by atoms with Gasteiger partial charge in [0.1, 0.15) is 18.2 Å². The minimum atomic E-state index is -0.0377. The van der Waals surface area contributed by atoms with Crippen molar-refractivity contribution in [3.63, 3.8) is 0 Å².